The molecule has 0 aliphatic rings. The van der Waals surface area contributed by atoms with Crippen molar-refractivity contribution < 1.29 is 22.7 Å². The molecule has 0 aliphatic carbocycles. The summed E-state index contributed by atoms with van der Waals surface area (Å²) in [5.41, 5.74) is -1.66. The Labute approximate surface area is 94.2 Å². The van der Waals surface area contributed by atoms with Gasteiger partial charge in [-0.1, -0.05) is 0 Å². The predicted octanol–water partition coefficient (Wildman–Crippen LogP) is 2.68. The van der Waals surface area contributed by atoms with Crippen LogP contribution in [-0.2, 0) is 10.6 Å². The van der Waals surface area contributed by atoms with Crippen molar-refractivity contribution in [2.24, 2.45) is 0 Å². The molecule has 0 saturated carbocycles. The van der Waals surface area contributed by atoms with Crippen LogP contribution in [0.25, 0.3) is 0 Å². The van der Waals surface area contributed by atoms with E-state index in [1.165, 1.54) is 0 Å². The maximum atomic E-state index is 13.5. The van der Waals surface area contributed by atoms with Gasteiger partial charge in [0.2, 0.25) is 0 Å². The third-order valence-electron chi connectivity index (χ3n) is 1.88. The topological polar surface area (TPSA) is 39.2 Å². The molecule has 1 aromatic heterocycles. The number of nitrogens with zero attached hydrogens (tertiary/aromatic N) is 1. The SMILES string of the molecule is COC(=O)c1ncc(C(F)F)c(F)c1CCl. The van der Waals surface area contributed by atoms with Crippen LogP contribution in [0, 0.1) is 5.82 Å². The lowest BCUT2D eigenvalue weighted by molar-refractivity contribution is 0.0591. The number of pyridine rings is 1. The van der Waals surface area contributed by atoms with Gasteiger partial charge in [0.15, 0.2) is 5.69 Å². The van der Waals surface area contributed by atoms with Crippen molar-refractivity contribution in [3.8, 4) is 0 Å². The highest BCUT2D eigenvalue weighted by Crippen LogP contribution is 2.26. The highest BCUT2D eigenvalue weighted by atomic mass is 35.5. The van der Waals surface area contributed by atoms with Crippen molar-refractivity contribution in [2.75, 3.05) is 7.11 Å². The van der Waals surface area contributed by atoms with Crippen LogP contribution in [-0.4, -0.2) is 18.1 Å². The number of esters is 1. The lowest BCUT2D eigenvalue weighted by Crippen LogP contribution is -2.11. The van der Waals surface area contributed by atoms with Crippen molar-refractivity contribution in [3.63, 3.8) is 0 Å². The molecule has 3 nitrogen and oxygen atoms in total. The average Bonchev–Trinajstić information content (AvgIpc) is 2.26. The molecule has 1 aromatic rings. The fourth-order valence-electron chi connectivity index (χ4n) is 1.09. The molecule has 0 saturated heterocycles. The van der Waals surface area contributed by atoms with Crippen molar-refractivity contribution in [1.82, 2.24) is 4.98 Å². The molecule has 0 aliphatic heterocycles. The van der Waals surface area contributed by atoms with Gasteiger partial charge < -0.3 is 4.74 Å². The van der Waals surface area contributed by atoms with E-state index in [1.54, 1.807) is 0 Å². The molecule has 88 valence electrons. The summed E-state index contributed by atoms with van der Waals surface area (Å²) in [5.74, 6) is -2.58. The molecule has 0 fully saturated rings. The van der Waals surface area contributed by atoms with E-state index in [4.69, 9.17) is 11.6 Å². The van der Waals surface area contributed by atoms with Crippen LogP contribution >= 0.6 is 11.6 Å². The van der Waals surface area contributed by atoms with Crippen LogP contribution in [0.2, 0.25) is 0 Å². The van der Waals surface area contributed by atoms with Crippen LogP contribution in [0.3, 0.4) is 0 Å². The highest BCUT2D eigenvalue weighted by molar-refractivity contribution is 6.17. The van der Waals surface area contributed by atoms with E-state index in [9.17, 15) is 18.0 Å². The van der Waals surface area contributed by atoms with Gasteiger partial charge in [-0.15, -0.1) is 11.6 Å². The second kappa shape index (κ2) is 5.16. The highest BCUT2D eigenvalue weighted by Gasteiger charge is 2.23. The summed E-state index contributed by atoms with van der Waals surface area (Å²) in [7, 11) is 1.07. The second-order valence-electron chi connectivity index (χ2n) is 2.78. The maximum absolute atomic E-state index is 13.5. The third-order valence-corrected chi connectivity index (χ3v) is 2.15. The first-order valence-corrected chi connectivity index (χ1v) is 4.66. The maximum Gasteiger partial charge on any atom is 0.357 e. The molecule has 0 radical (unpaired) electrons. The summed E-state index contributed by atoms with van der Waals surface area (Å²) in [5, 5.41) is 0. The van der Waals surface area contributed by atoms with Crippen molar-refractivity contribution in [2.45, 2.75) is 12.3 Å². The zero-order valence-corrected chi connectivity index (χ0v) is 8.89. The lowest BCUT2D eigenvalue weighted by Gasteiger charge is -2.08. The average molecular weight is 254 g/mol. The van der Waals surface area contributed by atoms with Gasteiger partial charge in [0.05, 0.1) is 18.6 Å². The Bertz CT molecular complexity index is 412. The van der Waals surface area contributed by atoms with Crippen LogP contribution in [0.5, 0.6) is 0 Å². The lowest BCUT2D eigenvalue weighted by atomic mass is 10.1. The Morgan fingerprint density at radius 2 is 2.25 bits per heavy atom. The first kappa shape index (κ1) is 12.8. The number of hydrogen-bond donors (Lipinski definition) is 0. The first-order chi connectivity index (χ1) is 7.52. The van der Waals surface area contributed by atoms with Gasteiger partial charge in [0, 0.05) is 11.8 Å². The monoisotopic (exact) mass is 253 g/mol. The standard InChI is InChI=1S/C9H7ClF3NO2/c1-16-9(15)7-4(2-10)6(11)5(3-14-7)8(12)13/h3,8H,2H2,1H3. The van der Waals surface area contributed by atoms with E-state index >= 15 is 0 Å². The van der Waals surface area contributed by atoms with Crippen molar-refractivity contribution in [3.05, 3.63) is 28.8 Å². The number of carbonyl (C=O) groups is 1. The normalized spacial score (nSPS) is 10.6. The molecule has 0 aromatic carbocycles. The Morgan fingerprint density at radius 3 is 2.69 bits per heavy atom. The quantitative estimate of drug-likeness (QED) is 0.614. The van der Waals surface area contributed by atoms with Crippen molar-refractivity contribution >= 4 is 17.6 Å². The van der Waals surface area contributed by atoms with Gasteiger partial charge in [-0.05, 0) is 0 Å². The van der Waals surface area contributed by atoms with E-state index in [2.05, 4.69) is 9.72 Å². The Kier molecular flexibility index (Phi) is 4.12. The largest absolute Gasteiger partial charge is 0.464 e. The minimum absolute atomic E-state index is 0.383. The molecule has 1 heterocycles. The molecule has 0 bridgehead atoms. The fourth-order valence-corrected chi connectivity index (χ4v) is 1.34. The zero-order chi connectivity index (χ0) is 12.3. The summed E-state index contributed by atoms with van der Waals surface area (Å²) < 4.78 is 42.4. The minimum Gasteiger partial charge on any atom is -0.464 e. The molecule has 16 heavy (non-hydrogen) atoms. The number of halogens is 4. The number of methoxy groups -OCH3 is 1. The van der Waals surface area contributed by atoms with Crippen LogP contribution in [0.1, 0.15) is 28.0 Å². The number of ether oxygens (including phenoxy) is 1. The predicted molar refractivity (Wildman–Crippen MR) is 50.0 cm³/mol. The van der Waals surface area contributed by atoms with Gasteiger partial charge in [-0.25, -0.2) is 22.9 Å². The summed E-state index contributed by atoms with van der Waals surface area (Å²) in [4.78, 5) is 14.6. The van der Waals surface area contributed by atoms with E-state index in [1.807, 2.05) is 0 Å². The molecule has 0 unspecified atom stereocenters. The van der Waals surface area contributed by atoms with E-state index in [-0.39, 0.29) is 11.3 Å². The van der Waals surface area contributed by atoms with Gasteiger partial charge in [0.25, 0.3) is 6.43 Å². The van der Waals surface area contributed by atoms with Crippen molar-refractivity contribution in [1.29, 1.82) is 0 Å². The van der Waals surface area contributed by atoms with Gasteiger partial charge in [-0.2, -0.15) is 0 Å². The first-order valence-electron chi connectivity index (χ1n) is 4.12. The number of alkyl halides is 3. The molecule has 0 N–H and O–H groups in total. The van der Waals surface area contributed by atoms with Crippen LogP contribution < -0.4 is 0 Å². The molecular formula is C9H7ClF3NO2. The molecule has 0 amide bonds. The van der Waals surface area contributed by atoms with Gasteiger partial charge >= 0.3 is 5.97 Å². The molecule has 7 heteroatoms. The van der Waals surface area contributed by atoms with Gasteiger partial charge in [-0.3, -0.25) is 0 Å². The summed E-state index contributed by atoms with van der Waals surface area (Å²) in [6, 6.07) is 0. The molecular weight excluding hydrogens is 247 g/mol. The minimum atomic E-state index is -3.01. The Balaban J connectivity index is 3.35. The molecule has 0 spiro atoms. The number of carbonyl (C=O) groups excluding carboxylic acids is 1. The Hall–Kier alpha value is -1.30. The second-order valence-corrected chi connectivity index (χ2v) is 3.05. The molecule has 1 rings (SSSR count). The zero-order valence-electron chi connectivity index (χ0n) is 8.14. The van der Waals surface area contributed by atoms with E-state index in [0.717, 1.165) is 7.11 Å². The number of hydrogen-bond acceptors (Lipinski definition) is 3. The number of aromatic nitrogens is 1. The third kappa shape index (κ3) is 2.27. The molecule has 0 atom stereocenters. The Morgan fingerprint density at radius 1 is 1.62 bits per heavy atom. The van der Waals surface area contributed by atoms with Crippen LogP contribution in [0.4, 0.5) is 13.2 Å². The van der Waals surface area contributed by atoms with E-state index in [0.29, 0.717) is 6.20 Å². The summed E-state index contributed by atoms with van der Waals surface area (Å²) in [6.07, 6.45) is -2.41. The van der Waals surface area contributed by atoms with E-state index < -0.39 is 29.7 Å². The fraction of sp³-hybridized carbons (Fsp3) is 0.333. The van der Waals surface area contributed by atoms with Crippen LogP contribution in [0.15, 0.2) is 6.20 Å². The summed E-state index contributed by atoms with van der Waals surface area (Å²) in [6.45, 7) is 0. The summed E-state index contributed by atoms with van der Waals surface area (Å²) >= 11 is 5.38. The smallest absolute Gasteiger partial charge is 0.357 e. The van der Waals surface area contributed by atoms with Gasteiger partial charge in [0.1, 0.15) is 5.82 Å². The number of rotatable bonds is 3.